The highest BCUT2D eigenvalue weighted by Gasteiger charge is 2.55. The van der Waals surface area contributed by atoms with E-state index in [2.05, 4.69) is 10.6 Å². The fourth-order valence-corrected chi connectivity index (χ4v) is 3.07. The molecule has 3 rings (SSSR count). The summed E-state index contributed by atoms with van der Waals surface area (Å²) in [7, 11) is 0. The number of amides is 4. The molecule has 8 nitrogen and oxygen atoms in total. The lowest BCUT2D eigenvalue weighted by molar-refractivity contribution is -0.141. The Bertz CT molecular complexity index is 496. The van der Waals surface area contributed by atoms with Crippen LogP contribution in [0.4, 0.5) is 4.79 Å². The number of imide groups is 1. The highest BCUT2D eigenvalue weighted by molar-refractivity contribution is 6.07. The first-order valence-corrected chi connectivity index (χ1v) is 6.64. The Morgan fingerprint density at radius 1 is 1.50 bits per heavy atom. The van der Waals surface area contributed by atoms with Gasteiger partial charge in [-0.2, -0.15) is 0 Å². The molecule has 0 saturated carbocycles. The first-order chi connectivity index (χ1) is 9.37. The van der Waals surface area contributed by atoms with Gasteiger partial charge in [0, 0.05) is 12.6 Å². The van der Waals surface area contributed by atoms with Gasteiger partial charge in [0.05, 0.1) is 25.2 Å². The molecule has 1 spiro atoms. The molecule has 3 atom stereocenters. The number of urea groups is 1. The lowest BCUT2D eigenvalue weighted by Crippen LogP contribution is -2.54. The van der Waals surface area contributed by atoms with Gasteiger partial charge in [0.1, 0.15) is 5.54 Å². The fourth-order valence-electron chi connectivity index (χ4n) is 3.07. The predicted octanol–water partition coefficient (Wildman–Crippen LogP) is -1.84. The van der Waals surface area contributed by atoms with Crippen molar-refractivity contribution in [2.45, 2.75) is 24.9 Å². The van der Waals surface area contributed by atoms with Crippen LogP contribution in [0, 0.1) is 5.41 Å². The number of hydrogen-bond donors (Lipinski definition) is 3. The number of rotatable bonds is 1. The zero-order valence-corrected chi connectivity index (χ0v) is 11.3. The summed E-state index contributed by atoms with van der Waals surface area (Å²) in [5.41, 5.74) is 4.22. The van der Waals surface area contributed by atoms with Crippen molar-refractivity contribution in [2.24, 2.45) is 11.1 Å². The number of likely N-dealkylation sites (tertiary alicyclic amines) is 1. The molecular weight excluding hydrogens is 264 g/mol. The van der Waals surface area contributed by atoms with Gasteiger partial charge in [-0.1, -0.05) is 0 Å². The van der Waals surface area contributed by atoms with Crippen LogP contribution in [0.25, 0.3) is 0 Å². The van der Waals surface area contributed by atoms with Crippen molar-refractivity contribution < 1.29 is 19.1 Å². The van der Waals surface area contributed by atoms with E-state index >= 15 is 0 Å². The predicted molar refractivity (Wildman–Crippen MR) is 67.5 cm³/mol. The zero-order chi connectivity index (χ0) is 14.5. The SMILES string of the molecule is CC1(C(=O)N2CCC3(C2)NC(=O)NC3=O)COCC1N. The van der Waals surface area contributed by atoms with Gasteiger partial charge in [0.2, 0.25) is 5.91 Å². The average molecular weight is 282 g/mol. The van der Waals surface area contributed by atoms with Gasteiger partial charge in [0.15, 0.2) is 0 Å². The van der Waals surface area contributed by atoms with E-state index in [4.69, 9.17) is 10.5 Å². The molecular formula is C12H18N4O4. The number of ether oxygens (including phenoxy) is 1. The minimum absolute atomic E-state index is 0.117. The molecule has 0 aromatic carbocycles. The monoisotopic (exact) mass is 282 g/mol. The Kier molecular flexibility index (Phi) is 2.77. The molecule has 0 aromatic heterocycles. The molecule has 0 aromatic rings. The molecule has 4 amide bonds. The standard InChI is InChI=1S/C12H18N4O4/c1-11(6-20-4-7(11)13)9(18)16-3-2-12(5-16)8(17)14-10(19)15-12/h7H,2-6,13H2,1H3,(H2,14,15,17,19). The van der Waals surface area contributed by atoms with Crippen molar-refractivity contribution in [3.63, 3.8) is 0 Å². The number of nitrogens with two attached hydrogens (primary N) is 1. The minimum atomic E-state index is -0.980. The van der Waals surface area contributed by atoms with Crippen LogP contribution in [0.2, 0.25) is 0 Å². The second kappa shape index (κ2) is 4.16. The first kappa shape index (κ1) is 13.3. The van der Waals surface area contributed by atoms with Crippen molar-refractivity contribution in [2.75, 3.05) is 26.3 Å². The maximum Gasteiger partial charge on any atom is 0.322 e. The van der Waals surface area contributed by atoms with Crippen molar-refractivity contribution in [1.82, 2.24) is 15.5 Å². The Hall–Kier alpha value is -1.67. The van der Waals surface area contributed by atoms with Crippen LogP contribution < -0.4 is 16.4 Å². The highest BCUT2D eigenvalue weighted by Crippen LogP contribution is 2.33. The fraction of sp³-hybridized carbons (Fsp3) is 0.750. The lowest BCUT2D eigenvalue weighted by atomic mass is 9.84. The second-order valence-corrected chi connectivity index (χ2v) is 6.01. The summed E-state index contributed by atoms with van der Waals surface area (Å²) in [6.45, 7) is 3.04. The van der Waals surface area contributed by atoms with Crippen LogP contribution in [0.5, 0.6) is 0 Å². The van der Waals surface area contributed by atoms with Crippen molar-refractivity contribution >= 4 is 17.8 Å². The maximum absolute atomic E-state index is 12.6. The highest BCUT2D eigenvalue weighted by atomic mass is 16.5. The summed E-state index contributed by atoms with van der Waals surface area (Å²) in [6, 6.07) is -0.852. The summed E-state index contributed by atoms with van der Waals surface area (Å²) in [5, 5.41) is 4.84. The van der Waals surface area contributed by atoms with Crippen molar-refractivity contribution in [3.8, 4) is 0 Å². The van der Waals surface area contributed by atoms with Gasteiger partial charge in [-0.15, -0.1) is 0 Å². The number of hydrogen-bond acceptors (Lipinski definition) is 5. The van der Waals surface area contributed by atoms with Gasteiger partial charge in [0.25, 0.3) is 5.91 Å². The van der Waals surface area contributed by atoms with Crippen LogP contribution in [0.15, 0.2) is 0 Å². The minimum Gasteiger partial charge on any atom is -0.379 e. The van der Waals surface area contributed by atoms with Gasteiger partial charge >= 0.3 is 6.03 Å². The van der Waals surface area contributed by atoms with Crippen LogP contribution in [0.3, 0.4) is 0 Å². The topological polar surface area (TPSA) is 114 Å². The molecule has 4 N–H and O–H groups in total. The molecule has 20 heavy (non-hydrogen) atoms. The maximum atomic E-state index is 12.6. The Morgan fingerprint density at radius 2 is 2.25 bits per heavy atom. The Balaban J connectivity index is 1.76. The summed E-state index contributed by atoms with van der Waals surface area (Å²) in [4.78, 5) is 37.4. The summed E-state index contributed by atoms with van der Waals surface area (Å²) >= 11 is 0. The molecule has 3 aliphatic heterocycles. The smallest absolute Gasteiger partial charge is 0.322 e. The van der Waals surface area contributed by atoms with E-state index in [1.807, 2.05) is 0 Å². The van der Waals surface area contributed by atoms with Crippen molar-refractivity contribution in [3.05, 3.63) is 0 Å². The summed E-state index contributed by atoms with van der Waals surface area (Å²) < 4.78 is 5.29. The molecule has 3 saturated heterocycles. The van der Waals surface area contributed by atoms with Crippen molar-refractivity contribution in [1.29, 1.82) is 0 Å². The zero-order valence-electron chi connectivity index (χ0n) is 11.3. The van der Waals surface area contributed by atoms with E-state index in [-0.39, 0.29) is 31.0 Å². The normalized spacial score (nSPS) is 40.3. The van der Waals surface area contributed by atoms with E-state index in [0.717, 1.165) is 0 Å². The summed E-state index contributed by atoms with van der Waals surface area (Å²) in [6.07, 6.45) is 0.419. The van der Waals surface area contributed by atoms with Crippen LogP contribution >= 0.6 is 0 Å². The average Bonchev–Trinajstić information content (AvgIpc) is 3.02. The summed E-state index contributed by atoms with van der Waals surface area (Å²) in [5.74, 6) is -0.483. The molecule has 0 bridgehead atoms. The Morgan fingerprint density at radius 3 is 2.80 bits per heavy atom. The molecule has 110 valence electrons. The van der Waals surface area contributed by atoms with Crippen LogP contribution in [-0.2, 0) is 14.3 Å². The van der Waals surface area contributed by atoms with Gasteiger partial charge in [-0.25, -0.2) is 4.79 Å². The van der Waals surface area contributed by atoms with Gasteiger partial charge < -0.3 is 20.7 Å². The number of carbonyl (C=O) groups excluding carboxylic acids is 3. The van der Waals surface area contributed by atoms with E-state index in [1.54, 1.807) is 11.8 Å². The molecule has 3 heterocycles. The quantitative estimate of drug-likeness (QED) is 0.489. The van der Waals surface area contributed by atoms with Gasteiger partial charge in [-0.05, 0) is 13.3 Å². The Labute approximate surface area is 116 Å². The van der Waals surface area contributed by atoms with E-state index in [1.165, 1.54) is 0 Å². The molecule has 0 aliphatic carbocycles. The number of carbonyl (C=O) groups is 3. The van der Waals surface area contributed by atoms with Crippen LogP contribution in [-0.4, -0.2) is 60.6 Å². The third-order valence-electron chi connectivity index (χ3n) is 4.58. The van der Waals surface area contributed by atoms with E-state index < -0.39 is 17.0 Å². The molecule has 3 fully saturated rings. The van der Waals surface area contributed by atoms with E-state index in [9.17, 15) is 14.4 Å². The largest absolute Gasteiger partial charge is 0.379 e. The molecule has 8 heteroatoms. The number of nitrogens with one attached hydrogen (secondary N) is 2. The second-order valence-electron chi connectivity index (χ2n) is 6.01. The first-order valence-electron chi connectivity index (χ1n) is 6.64. The number of nitrogens with zero attached hydrogens (tertiary/aromatic N) is 1. The lowest BCUT2D eigenvalue weighted by Gasteiger charge is -2.31. The van der Waals surface area contributed by atoms with E-state index in [0.29, 0.717) is 19.6 Å². The van der Waals surface area contributed by atoms with Crippen LogP contribution in [0.1, 0.15) is 13.3 Å². The van der Waals surface area contributed by atoms with Gasteiger partial charge in [-0.3, -0.25) is 14.9 Å². The molecule has 3 unspecified atom stereocenters. The molecule has 3 aliphatic rings. The molecule has 0 radical (unpaired) electrons. The third-order valence-corrected chi connectivity index (χ3v) is 4.58. The third kappa shape index (κ3) is 1.71.